The Morgan fingerprint density at radius 1 is 0.941 bits per heavy atom. The van der Waals surface area contributed by atoms with Gasteiger partial charge in [0, 0.05) is 28.9 Å². The Hall–Kier alpha value is -2.33. The summed E-state index contributed by atoms with van der Waals surface area (Å²) >= 11 is 0. The molecule has 2 unspecified atom stereocenters. The molecule has 2 bridgehead atoms. The molecule has 4 nitrogen and oxygen atoms in total. The topological polar surface area (TPSA) is 46.5 Å². The number of carbonyl (C=O) groups is 1. The zero-order valence-electron chi connectivity index (χ0n) is 20.6. The van der Waals surface area contributed by atoms with Crippen LogP contribution in [0.15, 0.2) is 48.5 Å². The van der Waals surface area contributed by atoms with Gasteiger partial charge < -0.3 is 14.3 Å². The highest BCUT2D eigenvalue weighted by molar-refractivity contribution is 5.74. The number of piperidine rings is 1. The molecule has 2 aromatic rings. The molecular formula is C30H40NO3+. The first-order chi connectivity index (χ1) is 16.5. The monoisotopic (exact) mass is 462 g/mol. The smallest absolute Gasteiger partial charge is 0.310 e. The molecule has 1 saturated heterocycles. The average molecular weight is 463 g/mol. The van der Waals surface area contributed by atoms with Gasteiger partial charge in [-0.15, -0.1) is 0 Å². The predicted molar refractivity (Wildman–Crippen MR) is 134 cm³/mol. The molecule has 0 amide bonds. The minimum atomic E-state index is -0.206. The van der Waals surface area contributed by atoms with Crippen molar-refractivity contribution in [3.63, 3.8) is 0 Å². The number of benzene rings is 2. The van der Waals surface area contributed by atoms with E-state index in [4.69, 9.17) is 4.74 Å². The molecule has 4 heteroatoms. The summed E-state index contributed by atoms with van der Waals surface area (Å²) in [7, 11) is 2.39. The molecule has 1 aliphatic heterocycles. The second-order valence-electron chi connectivity index (χ2n) is 11.4. The molecule has 34 heavy (non-hydrogen) atoms. The molecule has 1 N–H and O–H groups in total. The Bertz CT molecular complexity index is 968. The Kier molecular flexibility index (Phi) is 6.96. The van der Waals surface area contributed by atoms with E-state index in [2.05, 4.69) is 37.4 Å². The molecule has 3 fully saturated rings. The van der Waals surface area contributed by atoms with Crippen LogP contribution in [0.5, 0.6) is 5.75 Å². The van der Waals surface area contributed by atoms with Gasteiger partial charge in [0.05, 0.1) is 33.2 Å². The fraction of sp³-hybridized carbons (Fsp3) is 0.567. The van der Waals surface area contributed by atoms with Gasteiger partial charge >= 0.3 is 5.97 Å². The van der Waals surface area contributed by atoms with E-state index in [1.807, 2.05) is 18.2 Å². The Morgan fingerprint density at radius 3 is 2.35 bits per heavy atom. The van der Waals surface area contributed by atoms with Crippen LogP contribution in [0.3, 0.4) is 0 Å². The van der Waals surface area contributed by atoms with Crippen LogP contribution in [0, 0.1) is 17.8 Å². The van der Waals surface area contributed by atoms with Crippen molar-refractivity contribution in [3.8, 4) is 5.75 Å². The first-order valence-electron chi connectivity index (χ1n) is 13.3. The van der Waals surface area contributed by atoms with Crippen LogP contribution < -0.4 is 0 Å². The summed E-state index contributed by atoms with van der Waals surface area (Å²) in [6.45, 7) is 3.94. The second-order valence-corrected chi connectivity index (χ2v) is 11.4. The molecule has 0 aromatic heterocycles. The van der Waals surface area contributed by atoms with Gasteiger partial charge in [-0.1, -0.05) is 67.8 Å². The summed E-state index contributed by atoms with van der Waals surface area (Å²) in [5.74, 6) is 2.27. The molecule has 2 saturated carbocycles. The molecule has 2 aromatic carbocycles. The van der Waals surface area contributed by atoms with Crippen molar-refractivity contribution in [2.45, 2.75) is 63.8 Å². The number of rotatable bonds is 7. The van der Waals surface area contributed by atoms with E-state index >= 15 is 0 Å². The molecular weight excluding hydrogens is 422 g/mol. The lowest BCUT2D eigenvalue weighted by Crippen LogP contribution is -2.54. The van der Waals surface area contributed by atoms with Gasteiger partial charge in [0.2, 0.25) is 0 Å². The molecule has 1 heterocycles. The Balaban J connectivity index is 1.16. The van der Waals surface area contributed by atoms with Crippen LogP contribution in [0.2, 0.25) is 0 Å². The maximum atomic E-state index is 12.8. The van der Waals surface area contributed by atoms with Gasteiger partial charge in [-0.05, 0) is 37.2 Å². The van der Waals surface area contributed by atoms with Crippen molar-refractivity contribution in [1.29, 1.82) is 0 Å². The van der Waals surface area contributed by atoms with Gasteiger partial charge in [-0.3, -0.25) is 4.79 Å². The lowest BCUT2D eigenvalue weighted by Gasteiger charge is -2.44. The van der Waals surface area contributed by atoms with Crippen molar-refractivity contribution in [1.82, 2.24) is 0 Å². The zero-order chi connectivity index (χ0) is 23.5. The molecule has 3 aliphatic rings. The molecule has 0 radical (unpaired) electrons. The van der Waals surface area contributed by atoms with E-state index in [9.17, 15) is 9.90 Å². The van der Waals surface area contributed by atoms with Crippen LogP contribution in [-0.4, -0.2) is 42.3 Å². The lowest BCUT2D eigenvalue weighted by atomic mass is 9.83. The van der Waals surface area contributed by atoms with E-state index in [0.29, 0.717) is 41.6 Å². The summed E-state index contributed by atoms with van der Waals surface area (Å²) in [4.78, 5) is 12.8. The Labute approximate surface area is 204 Å². The van der Waals surface area contributed by atoms with Crippen molar-refractivity contribution < 1.29 is 19.1 Å². The van der Waals surface area contributed by atoms with Crippen LogP contribution in [-0.2, 0) is 22.5 Å². The van der Waals surface area contributed by atoms with Crippen molar-refractivity contribution in [3.05, 3.63) is 65.2 Å². The second kappa shape index (κ2) is 10.1. The van der Waals surface area contributed by atoms with Crippen LogP contribution >= 0.6 is 0 Å². The van der Waals surface area contributed by atoms with Gasteiger partial charge in [0.15, 0.2) is 0 Å². The molecule has 0 spiro atoms. The number of para-hydroxylation sites is 1. The number of hydrogen-bond acceptors (Lipinski definition) is 3. The standard InChI is InChI=1S/C30H39NO3/c1-31(18-22-9-4-2-5-10-22)19-25-15-16-26(20-31)28(25)21-34-29(32)17-24-13-8-14-27(30(24)33)23-11-6-3-7-12-23/h2,4-5,8-10,13-14,23,25-26,28H,3,6-7,11-12,15-21H2,1H3/p+1. The number of esters is 1. The van der Waals surface area contributed by atoms with Crippen molar-refractivity contribution in [2.24, 2.45) is 17.8 Å². The van der Waals surface area contributed by atoms with E-state index in [1.54, 1.807) is 0 Å². The van der Waals surface area contributed by atoms with E-state index in [0.717, 1.165) is 42.5 Å². The molecule has 2 aliphatic carbocycles. The fourth-order valence-corrected chi connectivity index (χ4v) is 7.22. The number of phenols is 1. The average Bonchev–Trinajstić information content (AvgIpc) is 3.10. The van der Waals surface area contributed by atoms with E-state index in [-0.39, 0.29) is 12.4 Å². The molecule has 182 valence electrons. The maximum Gasteiger partial charge on any atom is 0.310 e. The summed E-state index contributed by atoms with van der Waals surface area (Å²) in [5.41, 5.74) is 3.14. The summed E-state index contributed by atoms with van der Waals surface area (Å²) in [6, 6.07) is 16.7. The third kappa shape index (κ3) is 5.17. The van der Waals surface area contributed by atoms with Crippen LogP contribution in [0.1, 0.15) is 67.6 Å². The van der Waals surface area contributed by atoms with Gasteiger partial charge in [0.1, 0.15) is 12.3 Å². The van der Waals surface area contributed by atoms with E-state index < -0.39 is 0 Å². The highest BCUT2D eigenvalue weighted by Gasteiger charge is 2.48. The number of carbonyl (C=O) groups excluding carboxylic acids is 1. The third-order valence-corrected chi connectivity index (χ3v) is 8.84. The normalized spacial score (nSPS) is 29.1. The van der Waals surface area contributed by atoms with Crippen molar-refractivity contribution >= 4 is 5.97 Å². The minimum absolute atomic E-state index is 0.163. The van der Waals surface area contributed by atoms with Crippen LogP contribution in [0.4, 0.5) is 0 Å². The van der Waals surface area contributed by atoms with Gasteiger partial charge in [-0.2, -0.15) is 0 Å². The third-order valence-electron chi connectivity index (χ3n) is 8.84. The number of quaternary nitrogens is 1. The number of fused-ring (bicyclic) bond motifs is 2. The minimum Gasteiger partial charge on any atom is -0.507 e. The summed E-state index contributed by atoms with van der Waals surface area (Å²) in [6.07, 6.45) is 8.67. The summed E-state index contributed by atoms with van der Waals surface area (Å²) in [5, 5.41) is 10.9. The molecule has 5 rings (SSSR count). The van der Waals surface area contributed by atoms with Crippen molar-refractivity contribution in [2.75, 3.05) is 26.7 Å². The quantitative estimate of drug-likeness (QED) is 0.416. The number of phenolic OH excluding ortho intramolecular Hbond substituents is 1. The number of likely N-dealkylation sites (tertiary alicyclic amines) is 1. The fourth-order valence-electron chi connectivity index (χ4n) is 7.22. The SMILES string of the molecule is C[N+]1(Cc2ccccc2)CC2CCC(C1)C2COC(=O)Cc1cccc(C2CCCCC2)c1O. The first kappa shape index (κ1) is 23.4. The molecule has 2 atom stereocenters. The van der Waals surface area contributed by atoms with Crippen LogP contribution in [0.25, 0.3) is 0 Å². The van der Waals surface area contributed by atoms with E-state index in [1.165, 1.54) is 37.7 Å². The highest BCUT2D eigenvalue weighted by Crippen LogP contribution is 2.45. The van der Waals surface area contributed by atoms with Gasteiger partial charge in [0.25, 0.3) is 0 Å². The zero-order valence-corrected chi connectivity index (χ0v) is 20.6. The summed E-state index contributed by atoms with van der Waals surface area (Å²) < 4.78 is 6.92. The first-order valence-corrected chi connectivity index (χ1v) is 13.3. The number of nitrogens with zero attached hydrogens (tertiary/aromatic N) is 1. The Morgan fingerprint density at radius 2 is 1.65 bits per heavy atom. The number of aromatic hydroxyl groups is 1. The number of ether oxygens (including phenoxy) is 1. The number of hydrogen-bond donors (Lipinski definition) is 1. The maximum absolute atomic E-state index is 12.8. The predicted octanol–water partition coefficient (Wildman–Crippen LogP) is 5.83. The van der Waals surface area contributed by atoms with Gasteiger partial charge in [-0.25, -0.2) is 0 Å². The lowest BCUT2D eigenvalue weighted by molar-refractivity contribution is -0.933. The highest BCUT2D eigenvalue weighted by atomic mass is 16.5. The largest absolute Gasteiger partial charge is 0.507 e.